The van der Waals surface area contributed by atoms with Crippen molar-refractivity contribution < 1.29 is 23.5 Å². The Morgan fingerprint density at radius 3 is 2.57 bits per heavy atom. The summed E-state index contributed by atoms with van der Waals surface area (Å²) in [6, 6.07) is 12.6. The van der Waals surface area contributed by atoms with E-state index in [4.69, 9.17) is 9.47 Å². The average Bonchev–Trinajstić information content (AvgIpc) is 2.86. The quantitative estimate of drug-likeness (QED) is 0.342. The van der Waals surface area contributed by atoms with E-state index >= 15 is 0 Å². The standard InChI is InChI=1S/C26H32FN3O4S/c1-4-6-7-8-24(31)28-20-12-9-18(10-13-20)16-30-26(32)35-23(5-2)25(29-30)19-11-14-21(33-3)22(15-19)34-17-27/h9-15,23H,4-8,16-17H2,1-3H3,(H,28,31). The molecule has 9 heteroatoms. The van der Waals surface area contributed by atoms with Crippen molar-refractivity contribution in [1.29, 1.82) is 0 Å². The van der Waals surface area contributed by atoms with Gasteiger partial charge < -0.3 is 14.8 Å². The van der Waals surface area contributed by atoms with Crippen molar-refractivity contribution in [3.63, 3.8) is 0 Å². The Morgan fingerprint density at radius 1 is 1.14 bits per heavy atom. The number of hydrogen-bond acceptors (Lipinski definition) is 6. The number of unbranched alkanes of at least 4 members (excludes halogenated alkanes) is 2. The Kier molecular flexibility index (Phi) is 9.96. The lowest BCUT2D eigenvalue weighted by molar-refractivity contribution is -0.116. The fraction of sp³-hybridized carbons (Fsp3) is 0.423. The summed E-state index contributed by atoms with van der Waals surface area (Å²) in [6.45, 7) is 3.42. The molecule has 2 aromatic carbocycles. The predicted octanol–water partition coefficient (Wildman–Crippen LogP) is 6.37. The highest BCUT2D eigenvalue weighted by Crippen LogP contribution is 2.34. The summed E-state index contributed by atoms with van der Waals surface area (Å²) in [5.41, 5.74) is 3.08. The highest BCUT2D eigenvalue weighted by atomic mass is 32.2. The first-order valence-corrected chi connectivity index (χ1v) is 12.7. The van der Waals surface area contributed by atoms with E-state index in [9.17, 15) is 14.0 Å². The number of thioether (sulfide) groups is 1. The topological polar surface area (TPSA) is 80.2 Å². The molecule has 0 aromatic heterocycles. The zero-order valence-corrected chi connectivity index (χ0v) is 21.2. The van der Waals surface area contributed by atoms with Crippen molar-refractivity contribution in [3.05, 3.63) is 53.6 Å². The van der Waals surface area contributed by atoms with Gasteiger partial charge in [0.25, 0.3) is 0 Å². The Hall–Kier alpha value is -3.07. The van der Waals surface area contributed by atoms with Crippen LogP contribution in [0.15, 0.2) is 47.6 Å². The first-order valence-electron chi connectivity index (χ1n) is 11.8. The van der Waals surface area contributed by atoms with E-state index in [1.54, 1.807) is 12.1 Å². The SMILES string of the molecule is CCCCCC(=O)Nc1ccc(CN2N=C(c3ccc(OC)c(OCF)c3)C(CC)SC2=O)cc1. The number of hydrogen-bond donors (Lipinski definition) is 1. The van der Waals surface area contributed by atoms with E-state index in [1.807, 2.05) is 37.3 Å². The molecule has 0 spiro atoms. The average molecular weight is 502 g/mol. The van der Waals surface area contributed by atoms with E-state index in [0.717, 1.165) is 41.8 Å². The zero-order valence-electron chi connectivity index (χ0n) is 20.4. The van der Waals surface area contributed by atoms with Crippen molar-refractivity contribution in [3.8, 4) is 11.5 Å². The highest BCUT2D eigenvalue weighted by molar-refractivity contribution is 8.14. The van der Waals surface area contributed by atoms with E-state index in [2.05, 4.69) is 17.3 Å². The number of hydrazone groups is 1. The highest BCUT2D eigenvalue weighted by Gasteiger charge is 2.30. The van der Waals surface area contributed by atoms with E-state index in [-0.39, 0.29) is 22.1 Å². The molecule has 0 saturated heterocycles. The van der Waals surface area contributed by atoms with Crippen LogP contribution < -0.4 is 14.8 Å². The minimum Gasteiger partial charge on any atom is -0.493 e. The van der Waals surface area contributed by atoms with Gasteiger partial charge in [-0.05, 0) is 48.7 Å². The molecule has 1 atom stereocenters. The van der Waals surface area contributed by atoms with Gasteiger partial charge in [0.05, 0.1) is 24.6 Å². The Labute approximate surface area is 210 Å². The predicted molar refractivity (Wildman–Crippen MR) is 138 cm³/mol. The van der Waals surface area contributed by atoms with Crippen LogP contribution >= 0.6 is 11.8 Å². The molecule has 1 aliphatic heterocycles. The molecule has 0 radical (unpaired) electrons. The number of carbonyl (C=O) groups excluding carboxylic acids is 2. The first kappa shape index (κ1) is 26.5. The second-order valence-electron chi connectivity index (χ2n) is 8.14. The van der Waals surface area contributed by atoms with Crippen LogP contribution in [0, 0.1) is 0 Å². The van der Waals surface area contributed by atoms with Gasteiger partial charge in [-0.2, -0.15) is 5.10 Å². The van der Waals surface area contributed by atoms with Crippen molar-refractivity contribution in [2.75, 3.05) is 19.3 Å². The van der Waals surface area contributed by atoms with Crippen LogP contribution in [0.3, 0.4) is 0 Å². The third-order valence-corrected chi connectivity index (χ3v) is 6.86. The summed E-state index contributed by atoms with van der Waals surface area (Å²) in [4.78, 5) is 24.8. The van der Waals surface area contributed by atoms with Gasteiger partial charge in [0.1, 0.15) is 0 Å². The maximum Gasteiger partial charge on any atom is 0.302 e. The van der Waals surface area contributed by atoms with Gasteiger partial charge >= 0.3 is 5.24 Å². The molecule has 0 bridgehead atoms. The lowest BCUT2D eigenvalue weighted by Crippen LogP contribution is -2.34. The molecule has 1 aliphatic rings. The minimum absolute atomic E-state index is 0.00394. The third kappa shape index (κ3) is 7.21. The fourth-order valence-corrected chi connectivity index (χ4v) is 4.66. The summed E-state index contributed by atoms with van der Waals surface area (Å²) in [7, 11) is 1.49. The van der Waals surface area contributed by atoms with E-state index in [1.165, 1.54) is 23.9 Å². The van der Waals surface area contributed by atoms with E-state index < -0.39 is 6.86 Å². The molecule has 0 fully saturated rings. The number of halogens is 1. The number of anilines is 1. The lowest BCUT2D eigenvalue weighted by atomic mass is 10.0. The third-order valence-electron chi connectivity index (χ3n) is 5.60. The number of benzene rings is 2. The smallest absolute Gasteiger partial charge is 0.302 e. The van der Waals surface area contributed by atoms with Gasteiger partial charge in [0.2, 0.25) is 12.8 Å². The molecule has 1 unspecified atom stereocenters. The molecule has 1 heterocycles. The summed E-state index contributed by atoms with van der Waals surface area (Å²) in [6.07, 6.45) is 4.21. The molecule has 0 aliphatic carbocycles. The van der Waals surface area contributed by atoms with Crippen molar-refractivity contribution >= 4 is 34.3 Å². The molecule has 2 aromatic rings. The van der Waals surface area contributed by atoms with Crippen LogP contribution in [0.1, 0.15) is 57.1 Å². The van der Waals surface area contributed by atoms with Crippen molar-refractivity contribution in [2.45, 2.75) is 57.7 Å². The number of nitrogens with one attached hydrogen (secondary N) is 1. The number of ether oxygens (including phenoxy) is 2. The first-order chi connectivity index (χ1) is 17.0. The fourth-order valence-electron chi connectivity index (χ4n) is 3.73. The summed E-state index contributed by atoms with van der Waals surface area (Å²) < 4.78 is 23.2. The van der Waals surface area contributed by atoms with Gasteiger partial charge in [0, 0.05) is 17.7 Å². The van der Waals surface area contributed by atoms with Gasteiger partial charge in [-0.3, -0.25) is 9.59 Å². The second kappa shape index (κ2) is 13.1. The molecule has 1 N–H and O–H groups in total. The molecule has 3 rings (SSSR count). The molecular weight excluding hydrogens is 469 g/mol. The normalized spacial score (nSPS) is 15.5. The van der Waals surface area contributed by atoms with Crippen molar-refractivity contribution in [1.82, 2.24) is 5.01 Å². The van der Waals surface area contributed by atoms with Crippen LogP contribution in [0.2, 0.25) is 0 Å². The Bertz CT molecular complexity index is 1050. The lowest BCUT2D eigenvalue weighted by Gasteiger charge is -2.28. The van der Waals surface area contributed by atoms with Crippen LogP contribution in [0.25, 0.3) is 0 Å². The summed E-state index contributed by atoms with van der Waals surface area (Å²) in [5, 5.41) is 8.75. The number of rotatable bonds is 12. The van der Waals surface area contributed by atoms with Gasteiger partial charge in [0.15, 0.2) is 11.5 Å². The zero-order chi connectivity index (χ0) is 25.2. The molecule has 35 heavy (non-hydrogen) atoms. The van der Waals surface area contributed by atoms with Gasteiger partial charge in [-0.25, -0.2) is 9.40 Å². The van der Waals surface area contributed by atoms with Crippen LogP contribution in [-0.4, -0.2) is 41.1 Å². The van der Waals surface area contributed by atoms with Gasteiger partial charge in [-0.1, -0.05) is 50.6 Å². The van der Waals surface area contributed by atoms with Crippen molar-refractivity contribution in [2.24, 2.45) is 5.10 Å². The Balaban J connectivity index is 1.76. The summed E-state index contributed by atoms with van der Waals surface area (Å²) in [5.74, 6) is 0.712. The molecule has 2 amide bonds. The van der Waals surface area contributed by atoms with Crippen LogP contribution in [-0.2, 0) is 11.3 Å². The van der Waals surface area contributed by atoms with Crippen LogP contribution in [0.5, 0.6) is 11.5 Å². The monoisotopic (exact) mass is 501 g/mol. The second-order valence-corrected chi connectivity index (χ2v) is 9.30. The maximum absolute atomic E-state index is 12.8. The Morgan fingerprint density at radius 2 is 1.91 bits per heavy atom. The van der Waals surface area contributed by atoms with Gasteiger partial charge in [-0.15, -0.1) is 0 Å². The number of alkyl halides is 1. The summed E-state index contributed by atoms with van der Waals surface area (Å²) >= 11 is 1.22. The number of nitrogens with zero attached hydrogens (tertiary/aromatic N) is 2. The number of carbonyl (C=O) groups is 2. The number of amides is 2. The molecular formula is C26H32FN3O4S. The molecule has 188 valence electrons. The van der Waals surface area contributed by atoms with Crippen LogP contribution in [0.4, 0.5) is 14.9 Å². The molecule has 7 nitrogen and oxygen atoms in total. The number of methoxy groups -OCH3 is 1. The minimum atomic E-state index is -0.974. The van der Waals surface area contributed by atoms with E-state index in [0.29, 0.717) is 25.1 Å². The molecule has 0 saturated carbocycles. The largest absolute Gasteiger partial charge is 0.493 e. The maximum atomic E-state index is 12.8.